The van der Waals surface area contributed by atoms with Gasteiger partial charge in [0.05, 0.1) is 34.5 Å². The maximum atomic E-state index is 5.59. The second-order valence-electron chi connectivity index (χ2n) is 7.59. The van der Waals surface area contributed by atoms with Gasteiger partial charge in [-0.15, -0.1) is 0 Å². The number of aliphatic imine (C=N–C) groups is 1. The lowest BCUT2D eigenvalue weighted by atomic mass is 9.92. The summed E-state index contributed by atoms with van der Waals surface area (Å²) in [6.07, 6.45) is 2.32. The molecule has 1 unspecified atom stereocenters. The smallest absolute Gasteiger partial charge is 0.203 e. The number of methoxy groups -OCH3 is 3. The van der Waals surface area contributed by atoms with Gasteiger partial charge in [0.1, 0.15) is 0 Å². The molecule has 2 rings (SSSR count). The third kappa shape index (κ3) is 6.64. The van der Waals surface area contributed by atoms with E-state index in [4.69, 9.17) is 18.9 Å². The minimum atomic E-state index is 0.452. The quantitative estimate of drug-likeness (QED) is 0.408. The van der Waals surface area contributed by atoms with Gasteiger partial charge in [-0.1, -0.05) is 26.7 Å². The molecule has 1 aliphatic heterocycles. The molecule has 1 fully saturated rings. The number of guanidine groups is 1. The molecule has 0 spiro atoms. The molecule has 1 saturated heterocycles. The Morgan fingerprint density at radius 1 is 1.03 bits per heavy atom. The van der Waals surface area contributed by atoms with Gasteiger partial charge < -0.3 is 29.6 Å². The number of nitrogens with zero attached hydrogens (tertiary/aromatic N) is 2. The molecule has 1 atom stereocenters. The van der Waals surface area contributed by atoms with Crippen LogP contribution in [0, 0.1) is 5.92 Å². The van der Waals surface area contributed by atoms with Crippen LogP contribution in [-0.4, -0.2) is 78.1 Å². The first-order valence-corrected chi connectivity index (χ1v) is 11.2. The summed E-state index contributed by atoms with van der Waals surface area (Å²) in [5.74, 6) is 3.29. The normalized spacial score (nSPS) is 16.2. The van der Waals surface area contributed by atoms with Crippen LogP contribution in [-0.2, 0) is 11.3 Å². The van der Waals surface area contributed by atoms with Gasteiger partial charge in [0, 0.05) is 44.8 Å². The predicted octanol–water partition coefficient (Wildman–Crippen LogP) is 2.51. The molecule has 0 bridgehead atoms. The van der Waals surface area contributed by atoms with Crippen molar-refractivity contribution in [3.05, 3.63) is 17.7 Å². The first kappa shape index (κ1) is 25.1. The number of hydrogen-bond acceptors (Lipinski definition) is 6. The lowest BCUT2D eigenvalue weighted by Crippen LogP contribution is -2.53. The van der Waals surface area contributed by atoms with E-state index >= 15 is 0 Å². The van der Waals surface area contributed by atoms with E-state index in [1.54, 1.807) is 28.4 Å². The summed E-state index contributed by atoms with van der Waals surface area (Å²) in [5.41, 5.74) is 0.966. The van der Waals surface area contributed by atoms with Crippen LogP contribution >= 0.6 is 0 Å². The van der Waals surface area contributed by atoms with Crippen molar-refractivity contribution in [2.24, 2.45) is 10.9 Å². The fourth-order valence-electron chi connectivity index (χ4n) is 4.24. The van der Waals surface area contributed by atoms with E-state index < -0.39 is 0 Å². The average Bonchev–Trinajstić information content (AvgIpc) is 2.83. The SMILES string of the molecule is CCC(CC)C(CNC(=NC)NCc1ccc(OC)c(OC)c1OC)N1CCOCC1. The van der Waals surface area contributed by atoms with Crippen LogP contribution in [0.5, 0.6) is 17.2 Å². The largest absolute Gasteiger partial charge is 0.493 e. The van der Waals surface area contributed by atoms with E-state index in [1.807, 2.05) is 12.1 Å². The van der Waals surface area contributed by atoms with E-state index in [9.17, 15) is 0 Å². The predicted molar refractivity (Wildman–Crippen MR) is 125 cm³/mol. The van der Waals surface area contributed by atoms with Crippen LogP contribution in [0.25, 0.3) is 0 Å². The summed E-state index contributed by atoms with van der Waals surface area (Å²) in [7, 11) is 6.66. The van der Waals surface area contributed by atoms with Gasteiger partial charge in [-0.05, 0) is 18.1 Å². The fraction of sp³-hybridized carbons (Fsp3) is 0.696. The number of hydrogen-bond donors (Lipinski definition) is 2. The van der Waals surface area contributed by atoms with Gasteiger partial charge in [0.15, 0.2) is 17.5 Å². The molecule has 8 nitrogen and oxygen atoms in total. The second-order valence-corrected chi connectivity index (χ2v) is 7.59. The Balaban J connectivity index is 2.04. The van der Waals surface area contributed by atoms with Crippen LogP contribution in [0.2, 0.25) is 0 Å². The van der Waals surface area contributed by atoms with Crippen LogP contribution in [0.3, 0.4) is 0 Å². The molecule has 0 aliphatic carbocycles. The van der Waals surface area contributed by atoms with Crippen molar-refractivity contribution in [2.75, 3.05) is 61.2 Å². The molecule has 1 aliphatic rings. The fourth-order valence-corrected chi connectivity index (χ4v) is 4.24. The summed E-state index contributed by atoms with van der Waals surface area (Å²) in [6.45, 7) is 9.53. The maximum absolute atomic E-state index is 5.59. The van der Waals surface area contributed by atoms with Crippen LogP contribution in [0.1, 0.15) is 32.3 Å². The molecule has 0 aromatic heterocycles. The minimum Gasteiger partial charge on any atom is -0.493 e. The molecule has 2 N–H and O–H groups in total. The summed E-state index contributed by atoms with van der Waals surface area (Å²) in [5, 5.41) is 6.94. The van der Waals surface area contributed by atoms with E-state index in [-0.39, 0.29) is 0 Å². The number of rotatable bonds is 11. The van der Waals surface area contributed by atoms with Gasteiger partial charge in [-0.3, -0.25) is 9.89 Å². The van der Waals surface area contributed by atoms with E-state index in [1.165, 1.54) is 0 Å². The van der Waals surface area contributed by atoms with Crippen molar-refractivity contribution in [2.45, 2.75) is 39.3 Å². The van der Waals surface area contributed by atoms with Gasteiger partial charge in [0.2, 0.25) is 5.75 Å². The Morgan fingerprint density at radius 2 is 1.71 bits per heavy atom. The van der Waals surface area contributed by atoms with Gasteiger partial charge in [-0.2, -0.15) is 0 Å². The van der Waals surface area contributed by atoms with Crippen molar-refractivity contribution < 1.29 is 18.9 Å². The molecule has 31 heavy (non-hydrogen) atoms. The van der Waals surface area contributed by atoms with Crippen molar-refractivity contribution in [1.29, 1.82) is 0 Å². The highest BCUT2D eigenvalue weighted by atomic mass is 16.5. The Morgan fingerprint density at radius 3 is 2.26 bits per heavy atom. The van der Waals surface area contributed by atoms with Crippen LogP contribution < -0.4 is 24.8 Å². The molecular weight excluding hydrogens is 396 g/mol. The molecule has 0 saturated carbocycles. The second kappa shape index (κ2) is 13.3. The zero-order valence-electron chi connectivity index (χ0n) is 20.0. The molecule has 0 radical (unpaired) electrons. The van der Waals surface area contributed by atoms with E-state index in [2.05, 4.69) is 34.4 Å². The van der Waals surface area contributed by atoms with E-state index in [0.717, 1.165) is 57.2 Å². The molecule has 1 heterocycles. The Hall–Kier alpha value is -2.19. The number of benzene rings is 1. The monoisotopic (exact) mass is 436 g/mol. The lowest BCUT2D eigenvalue weighted by molar-refractivity contribution is 0.00272. The van der Waals surface area contributed by atoms with Crippen molar-refractivity contribution >= 4 is 5.96 Å². The number of morpholine rings is 1. The first-order chi connectivity index (χ1) is 15.1. The van der Waals surface area contributed by atoms with Gasteiger partial charge in [0.25, 0.3) is 0 Å². The topological polar surface area (TPSA) is 76.6 Å². The lowest BCUT2D eigenvalue weighted by Gasteiger charge is -2.39. The molecule has 1 aromatic carbocycles. The molecular formula is C23H40N4O4. The third-order valence-corrected chi connectivity index (χ3v) is 6.04. The Labute approximate surface area is 187 Å². The summed E-state index contributed by atoms with van der Waals surface area (Å²) in [4.78, 5) is 6.97. The standard InChI is InChI=1S/C23H40N4O4/c1-7-17(8-2)19(27-11-13-31-14-12-27)16-26-23(24-3)25-15-18-9-10-20(28-4)22(30-6)21(18)29-5/h9-10,17,19H,7-8,11-16H2,1-6H3,(H2,24,25,26). The summed E-state index contributed by atoms with van der Waals surface area (Å²) < 4.78 is 22.0. The summed E-state index contributed by atoms with van der Waals surface area (Å²) in [6, 6.07) is 4.31. The number of nitrogens with one attached hydrogen (secondary N) is 2. The van der Waals surface area contributed by atoms with Gasteiger partial charge >= 0.3 is 0 Å². The molecule has 0 amide bonds. The highest BCUT2D eigenvalue weighted by molar-refractivity contribution is 5.79. The Bertz CT molecular complexity index is 688. The molecule has 1 aromatic rings. The number of ether oxygens (including phenoxy) is 4. The third-order valence-electron chi connectivity index (χ3n) is 6.04. The highest BCUT2D eigenvalue weighted by Gasteiger charge is 2.27. The van der Waals surface area contributed by atoms with E-state index in [0.29, 0.717) is 35.8 Å². The van der Waals surface area contributed by atoms with Gasteiger partial charge in [-0.25, -0.2) is 0 Å². The zero-order chi connectivity index (χ0) is 22.6. The minimum absolute atomic E-state index is 0.452. The van der Waals surface area contributed by atoms with Crippen molar-refractivity contribution in [1.82, 2.24) is 15.5 Å². The van der Waals surface area contributed by atoms with Crippen LogP contribution in [0.15, 0.2) is 17.1 Å². The maximum Gasteiger partial charge on any atom is 0.203 e. The molecule has 8 heteroatoms. The first-order valence-electron chi connectivity index (χ1n) is 11.2. The average molecular weight is 437 g/mol. The van der Waals surface area contributed by atoms with Crippen LogP contribution in [0.4, 0.5) is 0 Å². The van der Waals surface area contributed by atoms with Crippen molar-refractivity contribution in [3.8, 4) is 17.2 Å². The molecule has 176 valence electrons. The van der Waals surface area contributed by atoms with Crippen molar-refractivity contribution in [3.63, 3.8) is 0 Å². The Kier molecular flexibility index (Phi) is 10.7. The summed E-state index contributed by atoms with van der Waals surface area (Å²) >= 11 is 0. The highest BCUT2D eigenvalue weighted by Crippen LogP contribution is 2.39. The zero-order valence-corrected chi connectivity index (χ0v) is 20.0.